The fraction of sp³-hybridized carbons (Fsp3) is 0.438. The molecule has 1 saturated heterocycles. The molecule has 0 bridgehead atoms. The third-order valence-electron chi connectivity index (χ3n) is 8.24. The van der Waals surface area contributed by atoms with Crippen LogP contribution in [0.2, 0.25) is 0 Å². The Labute approximate surface area is 259 Å². The Morgan fingerprint density at radius 3 is 2.36 bits per heavy atom. The predicted octanol–water partition coefficient (Wildman–Crippen LogP) is 4.36. The number of ether oxygens (including phenoxy) is 1. The first-order valence-electron chi connectivity index (χ1n) is 14.8. The zero-order valence-electron chi connectivity index (χ0n) is 26.0. The van der Waals surface area contributed by atoms with E-state index in [1.54, 1.807) is 43.3 Å². The van der Waals surface area contributed by atoms with E-state index < -0.39 is 17.8 Å². The van der Waals surface area contributed by atoms with Crippen LogP contribution in [0, 0.1) is 0 Å². The lowest BCUT2D eigenvalue weighted by Crippen LogP contribution is -2.48. The number of halogens is 3. The molecule has 10 nitrogen and oxygen atoms in total. The van der Waals surface area contributed by atoms with E-state index in [9.17, 15) is 27.6 Å². The Balaban J connectivity index is 1.62. The molecule has 3 heterocycles. The maximum absolute atomic E-state index is 14.3. The van der Waals surface area contributed by atoms with Gasteiger partial charge in [0.25, 0.3) is 17.7 Å². The van der Waals surface area contributed by atoms with Crippen LogP contribution in [-0.2, 0) is 12.6 Å². The first-order valence-corrected chi connectivity index (χ1v) is 14.8. The normalized spacial score (nSPS) is 17.0. The van der Waals surface area contributed by atoms with Crippen molar-refractivity contribution in [3.05, 3.63) is 70.5 Å². The summed E-state index contributed by atoms with van der Waals surface area (Å²) in [5, 5.41) is 3.95. The number of piperidine rings is 1. The number of rotatable bonds is 7. The van der Waals surface area contributed by atoms with Gasteiger partial charge >= 0.3 is 6.18 Å². The summed E-state index contributed by atoms with van der Waals surface area (Å²) in [4.78, 5) is 47.2. The molecule has 0 saturated carbocycles. The summed E-state index contributed by atoms with van der Waals surface area (Å²) in [5.74, 6) is -0.932. The van der Waals surface area contributed by atoms with Gasteiger partial charge in [0, 0.05) is 56.6 Å². The smallest absolute Gasteiger partial charge is 0.435 e. The number of methoxy groups -OCH3 is 1. The van der Waals surface area contributed by atoms with Gasteiger partial charge in [0.1, 0.15) is 11.4 Å². The summed E-state index contributed by atoms with van der Waals surface area (Å²) in [6.45, 7) is 1.11. The molecule has 5 rings (SSSR count). The zero-order chi connectivity index (χ0) is 32.6. The number of hydrogen-bond donors (Lipinski definition) is 0. The topological polar surface area (TPSA) is 91.2 Å². The van der Waals surface area contributed by atoms with Crippen molar-refractivity contribution in [1.29, 1.82) is 0 Å². The zero-order valence-corrected chi connectivity index (χ0v) is 26.0. The molecule has 0 aliphatic carbocycles. The summed E-state index contributed by atoms with van der Waals surface area (Å²) in [5.41, 5.74) is -0.655. The summed E-state index contributed by atoms with van der Waals surface area (Å²) >= 11 is 0. The molecular weight excluding hydrogens is 589 g/mol. The molecule has 0 spiro atoms. The van der Waals surface area contributed by atoms with Gasteiger partial charge in [-0.1, -0.05) is 0 Å². The van der Waals surface area contributed by atoms with E-state index in [2.05, 4.69) is 5.10 Å². The van der Waals surface area contributed by atoms with E-state index >= 15 is 0 Å². The van der Waals surface area contributed by atoms with Crippen LogP contribution in [0.3, 0.4) is 0 Å². The second-order valence-corrected chi connectivity index (χ2v) is 11.8. The number of carbonyl (C=O) groups excluding carboxylic acids is 3. The van der Waals surface area contributed by atoms with Crippen molar-refractivity contribution < 1.29 is 32.3 Å². The van der Waals surface area contributed by atoms with Crippen molar-refractivity contribution in [2.24, 2.45) is 0 Å². The number of anilines is 1. The van der Waals surface area contributed by atoms with Crippen molar-refractivity contribution in [3.8, 4) is 11.4 Å². The molecule has 3 amide bonds. The minimum Gasteiger partial charge on any atom is -0.497 e. The lowest BCUT2D eigenvalue weighted by Gasteiger charge is -2.37. The molecule has 2 aromatic carbocycles. The number of benzene rings is 2. The number of likely N-dealkylation sites (tertiary alicyclic amines) is 1. The highest BCUT2D eigenvalue weighted by molar-refractivity contribution is 6.08. The molecule has 1 unspecified atom stereocenters. The highest BCUT2D eigenvalue weighted by Gasteiger charge is 2.44. The highest BCUT2D eigenvalue weighted by Crippen LogP contribution is 2.38. The first-order chi connectivity index (χ1) is 21.3. The number of amides is 3. The van der Waals surface area contributed by atoms with Gasteiger partial charge in [-0.3, -0.25) is 14.4 Å². The Morgan fingerprint density at radius 2 is 1.73 bits per heavy atom. The van der Waals surface area contributed by atoms with Crippen LogP contribution >= 0.6 is 0 Å². The molecule has 1 fully saturated rings. The van der Waals surface area contributed by atoms with Gasteiger partial charge in [-0.05, 0) is 82.2 Å². The molecule has 2 aliphatic heterocycles. The van der Waals surface area contributed by atoms with E-state index in [1.807, 2.05) is 19.0 Å². The number of likely N-dealkylation sites (N-methyl/N-ethyl adjacent to an activating group) is 1. The average Bonchev–Trinajstić information content (AvgIpc) is 3.41. The molecule has 2 aliphatic rings. The van der Waals surface area contributed by atoms with E-state index in [1.165, 1.54) is 35.1 Å². The first kappa shape index (κ1) is 32.0. The van der Waals surface area contributed by atoms with Gasteiger partial charge in [-0.25, -0.2) is 4.68 Å². The van der Waals surface area contributed by atoms with Crippen LogP contribution in [-0.4, -0.2) is 103 Å². The number of nitrogens with zero attached hydrogens (tertiary/aromatic N) is 6. The van der Waals surface area contributed by atoms with E-state index in [-0.39, 0.29) is 53.3 Å². The summed E-state index contributed by atoms with van der Waals surface area (Å²) < 4.78 is 49.4. The number of carbonyl (C=O) groups is 3. The molecule has 240 valence electrons. The third-order valence-corrected chi connectivity index (χ3v) is 8.24. The van der Waals surface area contributed by atoms with Gasteiger partial charge < -0.3 is 24.3 Å². The predicted molar refractivity (Wildman–Crippen MR) is 162 cm³/mol. The quantitative estimate of drug-likeness (QED) is 0.387. The molecule has 1 aromatic heterocycles. The van der Waals surface area contributed by atoms with Crippen LogP contribution in [0.1, 0.15) is 61.7 Å². The molecule has 45 heavy (non-hydrogen) atoms. The molecule has 1 atom stereocenters. The maximum atomic E-state index is 14.3. The third kappa shape index (κ3) is 6.26. The van der Waals surface area contributed by atoms with Crippen LogP contribution < -0.4 is 9.64 Å². The minimum absolute atomic E-state index is 0.0179. The van der Waals surface area contributed by atoms with Crippen LogP contribution in [0.15, 0.2) is 42.5 Å². The van der Waals surface area contributed by atoms with Crippen molar-refractivity contribution in [1.82, 2.24) is 24.5 Å². The van der Waals surface area contributed by atoms with E-state index in [0.29, 0.717) is 30.1 Å². The second kappa shape index (κ2) is 12.5. The fourth-order valence-electron chi connectivity index (χ4n) is 6.08. The van der Waals surface area contributed by atoms with Crippen molar-refractivity contribution in [2.45, 2.75) is 37.9 Å². The van der Waals surface area contributed by atoms with Crippen molar-refractivity contribution in [2.75, 3.05) is 59.8 Å². The fourth-order valence-corrected chi connectivity index (χ4v) is 6.08. The summed E-state index contributed by atoms with van der Waals surface area (Å²) in [6, 6.07) is 10.7. The van der Waals surface area contributed by atoms with E-state index in [0.717, 1.165) is 23.9 Å². The Kier molecular flexibility index (Phi) is 8.92. The van der Waals surface area contributed by atoms with Gasteiger partial charge in [-0.2, -0.15) is 18.3 Å². The molecule has 13 heteroatoms. The number of alkyl halides is 3. The second-order valence-electron chi connectivity index (χ2n) is 11.8. The average molecular weight is 627 g/mol. The van der Waals surface area contributed by atoms with Gasteiger partial charge in [0.2, 0.25) is 0 Å². The van der Waals surface area contributed by atoms with Crippen LogP contribution in [0.25, 0.3) is 5.69 Å². The molecular formula is C32H37F3N6O4. The lowest BCUT2D eigenvalue weighted by molar-refractivity contribution is -0.141. The van der Waals surface area contributed by atoms with Crippen molar-refractivity contribution >= 4 is 23.4 Å². The van der Waals surface area contributed by atoms with Crippen LogP contribution in [0.4, 0.5) is 18.9 Å². The lowest BCUT2D eigenvalue weighted by atomic mass is 9.99. The standard InChI is InChI=1S/C32H37F3N6O4/c1-37(2)19-22-8-6-7-16-39(22)30(43)25-18-23(45-5)13-14-26(25)41-27-24(28(36-41)32(33,34)35)15-17-40(31(27)44)21-11-9-20(10-12-21)29(42)38(3)4/h9-14,18,22H,6-8,15-17,19H2,1-5H3. The monoisotopic (exact) mass is 626 g/mol. The van der Waals surface area contributed by atoms with Gasteiger partial charge in [0.05, 0.1) is 18.4 Å². The number of hydrogen-bond acceptors (Lipinski definition) is 6. The van der Waals surface area contributed by atoms with Crippen molar-refractivity contribution in [3.63, 3.8) is 0 Å². The molecule has 0 N–H and O–H groups in total. The highest BCUT2D eigenvalue weighted by atomic mass is 19.4. The maximum Gasteiger partial charge on any atom is 0.435 e. The van der Waals surface area contributed by atoms with Gasteiger partial charge in [0.15, 0.2) is 5.69 Å². The number of aromatic nitrogens is 2. The minimum atomic E-state index is -4.83. The summed E-state index contributed by atoms with van der Waals surface area (Å²) in [6.07, 6.45) is -2.37. The Hall–Kier alpha value is -4.39. The van der Waals surface area contributed by atoms with E-state index in [4.69, 9.17) is 4.74 Å². The SMILES string of the molecule is COc1ccc(-n2nc(C(F)(F)F)c3c2C(=O)N(c2ccc(C(=O)N(C)C)cc2)CC3)c(C(=O)N2CCCCC2CN(C)C)c1. The Bertz CT molecular complexity index is 1600. The number of fused-ring (bicyclic) bond motifs is 1. The van der Waals surface area contributed by atoms with Gasteiger partial charge in [-0.15, -0.1) is 0 Å². The summed E-state index contributed by atoms with van der Waals surface area (Å²) in [7, 11) is 8.53. The van der Waals surface area contributed by atoms with Crippen LogP contribution in [0.5, 0.6) is 5.75 Å². The molecule has 3 aromatic rings. The Morgan fingerprint density at radius 1 is 1.02 bits per heavy atom. The molecule has 0 radical (unpaired) electrons. The largest absolute Gasteiger partial charge is 0.497 e.